The zero-order chi connectivity index (χ0) is 67.1. The van der Waals surface area contributed by atoms with Gasteiger partial charge in [0, 0.05) is 6.42 Å². The molecule has 0 bridgehead atoms. The van der Waals surface area contributed by atoms with Crippen molar-refractivity contribution in [3.8, 4) is 0 Å². The normalized spacial score (nSPS) is 18.4. The average Bonchev–Trinajstić information content (AvgIpc) is 1.00. The molecule has 0 saturated carbocycles. The van der Waals surface area contributed by atoms with Gasteiger partial charge in [-0.05, 0) is 109 Å². The molecule has 7 atom stereocenters. The molecule has 0 aromatic heterocycles. The van der Waals surface area contributed by atoms with Crippen LogP contribution in [0.3, 0.4) is 0 Å². The third kappa shape index (κ3) is 59.3. The molecule has 0 aliphatic carbocycles. The van der Waals surface area contributed by atoms with E-state index in [-0.39, 0.29) is 12.5 Å². The molecule has 0 aromatic rings. The van der Waals surface area contributed by atoms with Crippen LogP contribution in [0, 0.1) is 0 Å². The molecule has 1 fully saturated rings. The number of rotatable bonds is 67. The van der Waals surface area contributed by atoms with Gasteiger partial charge in [-0.25, -0.2) is 0 Å². The van der Waals surface area contributed by atoms with Crippen molar-refractivity contribution in [2.24, 2.45) is 0 Å². The van der Waals surface area contributed by atoms with E-state index in [1.54, 1.807) is 6.08 Å². The van der Waals surface area contributed by atoms with Crippen molar-refractivity contribution in [3.63, 3.8) is 0 Å². The van der Waals surface area contributed by atoms with Crippen LogP contribution in [-0.2, 0) is 14.3 Å². The lowest BCUT2D eigenvalue weighted by atomic mass is 9.99. The van der Waals surface area contributed by atoms with E-state index in [2.05, 4.69) is 141 Å². The fraction of sp³-hybridized carbons (Fsp3) is 0.726. The summed E-state index contributed by atoms with van der Waals surface area (Å²) < 4.78 is 11.3. The second kappa shape index (κ2) is 71.1. The van der Waals surface area contributed by atoms with Crippen LogP contribution in [0.25, 0.3) is 0 Å². The Morgan fingerprint density at radius 3 is 1.03 bits per heavy atom. The van der Waals surface area contributed by atoms with Crippen molar-refractivity contribution in [1.29, 1.82) is 0 Å². The van der Waals surface area contributed by atoms with Gasteiger partial charge in [0.25, 0.3) is 0 Å². The van der Waals surface area contributed by atoms with E-state index in [9.17, 15) is 30.3 Å². The van der Waals surface area contributed by atoms with Crippen molar-refractivity contribution in [2.75, 3.05) is 13.2 Å². The lowest BCUT2D eigenvalue weighted by Crippen LogP contribution is -2.60. The van der Waals surface area contributed by atoms with Gasteiger partial charge >= 0.3 is 0 Å². The van der Waals surface area contributed by atoms with E-state index in [4.69, 9.17) is 9.47 Å². The first kappa shape index (κ1) is 87.3. The Bertz CT molecular complexity index is 1940. The maximum atomic E-state index is 13.2. The largest absolute Gasteiger partial charge is 0.394 e. The summed E-state index contributed by atoms with van der Waals surface area (Å²) in [4.78, 5) is 13.2. The van der Waals surface area contributed by atoms with Gasteiger partial charge in [-0.3, -0.25) is 4.79 Å². The average molecular weight is 1300 g/mol. The number of nitrogens with one attached hydrogen (secondary N) is 1. The lowest BCUT2D eigenvalue weighted by molar-refractivity contribution is -0.302. The second-order valence-electron chi connectivity index (χ2n) is 26.4. The second-order valence-corrected chi connectivity index (χ2v) is 26.4. The predicted molar refractivity (Wildman–Crippen MR) is 400 cm³/mol. The van der Waals surface area contributed by atoms with Crippen LogP contribution >= 0.6 is 0 Å². The highest BCUT2D eigenvalue weighted by molar-refractivity contribution is 5.76. The van der Waals surface area contributed by atoms with Gasteiger partial charge in [-0.1, -0.05) is 353 Å². The highest BCUT2D eigenvalue weighted by atomic mass is 16.7. The van der Waals surface area contributed by atoms with Gasteiger partial charge in [-0.15, -0.1) is 0 Å². The Balaban J connectivity index is 2.12. The number of carbonyl (C=O) groups is 1. The quantitative estimate of drug-likeness (QED) is 0.0261. The predicted octanol–water partition coefficient (Wildman–Crippen LogP) is 22.3. The Morgan fingerprint density at radius 1 is 0.376 bits per heavy atom. The maximum Gasteiger partial charge on any atom is 0.220 e. The summed E-state index contributed by atoms with van der Waals surface area (Å²) in [5.74, 6) is -0.191. The molecule has 7 unspecified atom stereocenters. The van der Waals surface area contributed by atoms with Crippen molar-refractivity contribution in [2.45, 2.75) is 378 Å². The summed E-state index contributed by atoms with van der Waals surface area (Å²) >= 11 is 0. The van der Waals surface area contributed by atoms with E-state index in [1.165, 1.54) is 218 Å². The van der Waals surface area contributed by atoms with Gasteiger partial charge in [0.15, 0.2) is 6.29 Å². The molecule has 1 saturated heterocycles. The summed E-state index contributed by atoms with van der Waals surface area (Å²) in [6.07, 6.45) is 102. The molecule has 1 aliphatic rings. The van der Waals surface area contributed by atoms with Crippen molar-refractivity contribution < 1.29 is 39.8 Å². The fourth-order valence-electron chi connectivity index (χ4n) is 11.7. The first-order valence-electron chi connectivity index (χ1n) is 38.9. The molecule has 9 heteroatoms. The van der Waals surface area contributed by atoms with Crippen LogP contribution in [0.5, 0.6) is 0 Å². The monoisotopic (exact) mass is 1300 g/mol. The van der Waals surface area contributed by atoms with Gasteiger partial charge in [0.1, 0.15) is 24.4 Å². The molecule has 93 heavy (non-hydrogen) atoms. The first-order valence-corrected chi connectivity index (χ1v) is 38.9. The number of ether oxygens (including phenoxy) is 2. The van der Waals surface area contributed by atoms with Gasteiger partial charge in [0.2, 0.25) is 5.91 Å². The van der Waals surface area contributed by atoms with Crippen LogP contribution in [0.4, 0.5) is 0 Å². The molecule has 0 spiro atoms. The van der Waals surface area contributed by atoms with Crippen LogP contribution in [0.1, 0.15) is 335 Å². The zero-order valence-corrected chi connectivity index (χ0v) is 60.0. The number of allylic oxidation sites excluding steroid dienone is 21. The summed E-state index contributed by atoms with van der Waals surface area (Å²) in [5, 5.41) is 54.8. The number of amides is 1. The molecule has 0 aromatic carbocycles. The summed E-state index contributed by atoms with van der Waals surface area (Å²) in [6, 6.07) is -0.837. The third-order valence-corrected chi connectivity index (χ3v) is 17.7. The molecular weight excluding hydrogens is 1150 g/mol. The molecule has 534 valence electrons. The summed E-state index contributed by atoms with van der Waals surface area (Å²) in [6.45, 7) is 3.67. The topological polar surface area (TPSA) is 149 Å². The first-order chi connectivity index (χ1) is 45.8. The highest BCUT2D eigenvalue weighted by Crippen LogP contribution is 2.23. The molecule has 1 amide bonds. The number of hydrogen-bond donors (Lipinski definition) is 6. The van der Waals surface area contributed by atoms with Crippen LogP contribution < -0.4 is 5.32 Å². The lowest BCUT2D eigenvalue weighted by Gasteiger charge is -2.40. The van der Waals surface area contributed by atoms with E-state index >= 15 is 0 Å². The van der Waals surface area contributed by atoms with Crippen molar-refractivity contribution >= 4 is 5.91 Å². The number of hydrogen-bond acceptors (Lipinski definition) is 8. The SMILES string of the molecule is CC/C=C\C/C=C\C/C=C\C/C=C\C/C=C\C/C=C\C/C=C\C/C=C\CCCCCCCCCCCCCCCCCCC(=O)NC(COC1OC(CO)C(O)C(O)C1O)C(O)/C=C/CC/C=C/CC/C=C/CCCCCCCCCCCCCCCCCCCCC. The van der Waals surface area contributed by atoms with E-state index in [0.29, 0.717) is 6.42 Å². The molecule has 1 heterocycles. The molecular formula is C84H145NO8. The molecule has 1 aliphatic heterocycles. The van der Waals surface area contributed by atoms with Crippen molar-refractivity contribution in [1.82, 2.24) is 5.32 Å². The van der Waals surface area contributed by atoms with Gasteiger partial charge < -0.3 is 40.3 Å². The minimum absolute atomic E-state index is 0.191. The van der Waals surface area contributed by atoms with Gasteiger partial charge in [0.05, 0.1) is 25.4 Å². The number of aliphatic hydroxyl groups excluding tert-OH is 5. The summed E-state index contributed by atoms with van der Waals surface area (Å²) in [7, 11) is 0. The van der Waals surface area contributed by atoms with E-state index in [0.717, 1.165) is 96.3 Å². The molecule has 0 radical (unpaired) electrons. The Kier molecular flexibility index (Phi) is 66.8. The summed E-state index contributed by atoms with van der Waals surface area (Å²) in [5.41, 5.74) is 0. The van der Waals surface area contributed by atoms with Crippen LogP contribution in [-0.4, -0.2) is 87.5 Å². The molecule has 9 nitrogen and oxygen atoms in total. The number of carbonyl (C=O) groups excluding carboxylic acids is 1. The third-order valence-electron chi connectivity index (χ3n) is 17.7. The van der Waals surface area contributed by atoms with Crippen molar-refractivity contribution in [3.05, 3.63) is 134 Å². The van der Waals surface area contributed by atoms with Crippen LogP contribution in [0.15, 0.2) is 134 Å². The standard InChI is InChI=1S/C84H145NO8/c1-3-5-7-9-11-13-15-17-19-21-23-25-27-29-31-33-34-35-36-37-38-39-40-41-42-43-44-46-48-50-52-54-56-58-60-62-64-66-68-70-72-74-80(88)85-77(76-92-84-83(91)82(90)81(89)79(75-86)93-84)78(87)73-71-69-67-65-63-61-59-57-55-53-51-49-47-45-32-30-28-26-24-22-20-18-16-14-12-10-8-6-4-2/h5,7,11,13,17,19,23,25,29,31,34-35,37-38,40-41,55,57,63,65,71,73,77-79,81-84,86-87,89-91H,3-4,6,8-10,12,14-16,18,20-22,24,26-28,30,32-33,36,39,42-54,56,58-62,64,66-70,72,74-76H2,1-2H3,(H,85,88)/b7-5-,13-11-,19-17-,25-23-,31-29-,35-34-,38-37-,41-40-,57-55+,65-63+,73-71+. The maximum absolute atomic E-state index is 13.2. The molecule has 6 N–H and O–H groups in total. The number of aliphatic hydroxyl groups is 5. The number of unbranched alkanes of at least 4 members (excludes halogenated alkanes) is 37. The minimum Gasteiger partial charge on any atom is -0.394 e. The Labute approximate surface area is 572 Å². The van der Waals surface area contributed by atoms with E-state index in [1.807, 2.05) is 6.08 Å². The minimum atomic E-state index is -1.58. The Morgan fingerprint density at radius 2 is 0.677 bits per heavy atom. The zero-order valence-electron chi connectivity index (χ0n) is 60.0. The van der Waals surface area contributed by atoms with Crippen LogP contribution in [0.2, 0.25) is 0 Å². The Hall–Kier alpha value is -3.67. The van der Waals surface area contributed by atoms with E-state index < -0.39 is 49.5 Å². The van der Waals surface area contributed by atoms with Gasteiger partial charge in [-0.2, -0.15) is 0 Å². The fourth-order valence-corrected chi connectivity index (χ4v) is 11.7. The molecule has 1 rings (SSSR count). The highest BCUT2D eigenvalue weighted by Gasteiger charge is 2.44. The smallest absolute Gasteiger partial charge is 0.220 e.